The van der Waals surface area contributed by atoms with Gasteiger partial charge in [-0.1, -0.05) is 58.9 Å². The Kier molecular flexibility index (Phi) is 4.44. The molecule has 0 spiro atoms. The first-order valence-electron chi connectivity index (χ1n) is 6.47. The summed E-state index contributed by atoms with van der Waals surface area (Å²) in [5.41, 5.74) is 0.647. The second kappa shape index (κ2) is 5.47. The molecule has 0 bridgehead atoms. The molecule has 1 aromatic carbocycles. The van der Waals surface area contributed by atoms with Crippen LogP contribution in [0.15, 0.2) is 24.3 Å². The molecule has 0 saturated heterocycles. The molecule has 0 N–H and O–H groups in total. The number of hydrogen-bond donors (Lipinski definition) is 0. The Morgan fingerprint density at radius 2 is 1.61 bits per heavy atom. The van der Waals surface area contributed by atoms with E-state index >= 15 is 0 Å². The maximum Gasteiger partial charge on any atom is 0.168 e. The van der Waals surface area contributed by atoms with Crippen molar-refractivity contribution in [3.8, 4) is 0 Å². The number of benzene rings is 1. The zero-order chi connectivity index (χ0) is 13.9. The van der Waals surface area contributed by atoms with Crippen LogP contribution >= 0.6 is 0 Å². The highest BCUT2D eigenvalue weighted by atomic mass is 16.1. The van der Waals surface area contributed by atoms with Gasteiger partial charge in [-0.15, -0.1) is 0 Å². The molecule has 18 heavy (non-hydrogen) atoms. The predicted molar refractivity (Wildman–Crippen MR) is 74.0 cm³/mol. The Balaban J connectivity index is 3.23. The van der Waals surface area contributed by atoms with Crippen LogP contribution in [0.2, 0.25) is 0 Å². The zero-order valence-corrected chi connectivity index (χ0v) is 11.9. The summed E-state index contributed by atoms with van der Waals surface area (Å²) in [7, 11) is 0. The van der Waals surface area contributed by atoms with Crippen molar-refractivity contribution in [3.05, 3.63) is 35.4 Å². The maximum absolute atomic E-state index is 12.4. The smallest absolute Gasteiger partial charge is 0.168 e. The molecule has 0 amide bonds. The SMILES string of the molecule is CCC(C)C(=O)c1ccccc1C(=O)C(C)(C)C. The summed E-state index contributed by atoms with van der Waals surface area (Å²) in [5, 5.41) is 0. The lowest BCUT2D eigenvalue weighted by Crippen LogP contribution is -2.24. The highest BCUT2D eigenvalue weighted by Crippen LogP contribution is 2.25. The third-order valence-corrected chi connectivity index (χ3v) is 3.18. The fourth-order valence-electron chi connectivity index (χ4n) is 1.75. The molecule has 1 unspecified atom stereocenters. The van der Waals surface area contributed by atoms with Gasteiger partial charge in [-0.3, -0.25) is 9.59 Å². The van der Waals surface area contributed by atoms with E-state index in [2.05, 4.69) is 0 Å². The van der Waals surface area contributed by atoms with Crippen molar-refractivity contribution in [2.24, 2.45) is 11.3 Å². The second-order valence-corrected chi connectivity index (χ2v) is 5.80. The summed E-state index contributed by atoms with van der Waals surface area (Å²) >= 11 is 0. The molecule has 1 atom stereocenters. The van der Waals surface area contributed by atoms with Gasteiger partial charge in [0, 0.05) is 22.5 Å². The lowest BCUT2D eigenvalue weighted by atomic mass is 9.82. The lowest BCUT2D eigenvalue weighted by molar-refractivity contribution is 0.0844. The van der Waals surface area contributed by atoms with Crippen LogP contribution < -0.4 is 0 Å². The van der Waals surface area contributed by atoms with Gasteiger partial charge >= 0.3 is 0 Å². The van der Waals surface area contributed by atoms with Gasteiger partial charge < -0.3 is 0 Å². The van der Waals surface area contributed by atoms with E-state index in [1.165, 1.54) is 0 Å². The van der Waals surface area contributed by atoms with Crippen LogP contribution in [0, 0.1) is 11.3 Å². The van der Waals surface area contributed by atoms with Gasteiger partial charge in [-0.25, -0.2) is 0 Å². The van der Waals surface area contributed by atoms with Gasteiger partial charge in [-0.2, -0.15) is 0 Å². The number of hydrogen-bond acceptors (Lipinski definition) is 2. The predicted octanol–water partition coefficient (Wildman–Crippen LogP) is 4.14. The Labute approximate surface area is 109 Å². The van der Waals surface area contributed by atoms with E-state index in [1.54, 1.807) is 12.1 Å². The molecule has 0 heterocycles. The highest BCUT2D eigenvalue weighted by molar-refractivity contribution is 6.11. The summed E-state index contributed by atoms with van der Waals surface area (Å²) < 4.78 is 0. The minimum Gasteiger partial charge on any atom is -0.294 e. The Morgan fingerprint density at radius 3 is 2.06 bits per heavy atom. The van der Waals surface area contributed by atoms with Gasteiger partial charge in [-0.05, 0) is 6.42 Å². The van der Waals surface area contributed by atoms with Gasteiger partial charge in [0.05, 0.1) is 0 Å². The number of Topliss-reactive ketones (excluding diaryl/α,β-unsaturated/α-hetero) is 2. The van der Waals surface area contributed by atoms with Crippen molar-refractivity contribution in [2.45, 2.75) is 41.0 Å². The van der Waals surface area contributed by atoms with E-state index in [0.29, 0.717) is 11.1 Å². The first-order chi connectivity index (χ1) is 8.29. The van der Waals surface area contributed by atoms with E-state index in [-0.39, 0.29) is 17.5 Å². The average Bonchev–Trinajstić information content (AvgIpc) is 2.35. The molecule has 0 aliphatic carbocycles. The minimum absolute atomic E-state index is 0.0229. The molecule has 0 aliphatic rings. The third kappa shape index (κ3) is 3.06. The van der Waals surface area contributed by atoms with E-state index in [4.69, 9.17) is 0 Å². The van der Waals surface area contributed by atoms with Gasteiger partial charge in [0.25, 0.3) is 0 Å². The molecular weight excluding hydrogens is 224 g/mol. The van der Waals surface area contributed by atoms with Crippen molar-refractivity contribution < 1.29 is 9.59 Å². The first-order valence-corrected chi connectivity index (χ1v) is 6.47. The number of ketones is 2. The van der Waals surface area contributed by atoms with Gasteiger partial charge in [0.1, 0.15) is 0 Å². The van der Waals surface area contributed by atoms with E-state index in [9.17, 15) is 9.59 Å². The minimum atomic E-state index is -0.466. The van der Waals surface area contributed by atoms with Crippen LogP contribution in [0.1, 0.15) is 61.8 Å². The van der Waals surface area contributed by atoms with Crippen molar-refractivity contribution in [1.82, 2.24) is 0 Å². The molecule has 1 aromatic rings. The molecule has 2 nitrogen and oxygen atoms in total. The van der Waals surface area contributed by atoms with Crippen LogP contribution in [0.25, 0.3) is 0 Å². The van der Waals surface area contributed by atoms with Crippen LogP contribution in [-0.2, 0) is 0 Å². The Hall–Kier alpha value is -1.44. The topological polar surface area (TPSA) is 34.1 Å². The summed E-state index contributed by atoms with van der Waals surface area (Å²) in [6.45, 7) is 9.51. The highest BCUT2D eigenvalue weighted by Gasteiger charge is 2.27. The molecule has 1 rings (SSSR count). The average molecular weight is 246 g/mol. The maximum atomic E-state index is 12.4. The second-order valence-electron chi connectivity index (χ2n) is 5.80. The van der Waals surface area contributed by atoms with Crippen molar-refractivity contribution in [1.29, 1.82) is 0 Å². The molecule has 0 aliphatic heterocycles. The molecule has 0 fully saturated rings. The molecule has 0 aromatic heterocycles. The summed E-state index contributed by atoms with van der Waals surface area (Å²) in [6.07, 6.45) is 0.789. The van der Waals surface area contributed by atoms with Crippen molar-refractivity contribution in [3.63, 3.8) is 0 Å². The number of carbonyl (C=O) groups is 2. The van der Waals surface area contributed by atoms with Gasteiger partial charge in [0.2, 0.25) is 0 Å². The Morgan fingerprint density at radius 1 is 1.11 bits per heavy atom. The van der Waals surface area contributed by atoms with Crippen LogP contribution in [0.3, 0.4) is 0 Å². The van der Waals surface area contributed by atoms with E-state index in [0.717, 1.165) is 6.42 Å². The monoisotopic (exact) mass is 246 g/mol. The summed E-state index contributed by atoms with van der Waals surface area (Å²) in [4.78, 5) is 24.6. The van der Waals surface area contributed by atoms with Gasteiger partial charge in [0.15, 0.2) is 11.6 Å². The molecule has 98 valence electrons. The Bertz CT molecular complexity index is 452. The standard InChI is InChI=1S/C16H22O2/c1-6-11(2)14(17)12-9-7-8-10-13(12)15(18)16(3,4)5/h7-11H,6H2,1-5H3. The first kappa shape index (κ1) is 14.6. The summed E-state index contributed by atoms with van der Waals surface area (Å²) in [5.74, 6) is 0.0411. The van der Waals surface area contributed by atoms with Crippen molar-refractivity contribution >= 4 is 11.6 Å². The van der Waals surface area contributed by atoms with E-state index in [1.807, 2.05) is 46.8 Å². The molecule has 2 heteroatoms. The molecule has 0 saturated carbocycles. The van der Waals surface area contributed by atoms with Crippen LogP contribution in [0.5, 0.6) is 0 Å². The van der Waals surface area contributed by atoms with Crippen molar-refractivity contribution in [2.75, 3.05) is 0 Å². The van der Waals surface area contributed by atoms with Crippen LogP contribution in [0.4, 0.5) is 0 Å². The fourth-order valence-corrected chi connectivity index (χ4v) is 1.75. The largest absolute Gasteiger partial charge is 0.294 e. The zero-order valence-electron chi connectivity index (χ0n) is 11.9. The summed E-state index contributed by atoms with van der Waals surface area (Å²) in [6, 6.07) is 7.14. The lowest BCUT2D eigenvalue weighted by Gasteiger charge is -2.19. The third-order valence-electron chi connectivity index (χ3n) is 3.18. The number of rotatable bonds is 4. The molecular formula is C16H22O2. The molecule has 0 radical (unpaired) electrons. The fraction of sp³-hybridized carbons (Fsp3) is 0.500. The quantitative estimate of drug-likeness (QED) is 0.748. The van der Waals surface area contributed by atoms with Crippen LogP contribution in [-0.4, -0.2) is 11.6 Å². The normalized spacial score (nSPS) is 13.2. The number of carbonyl (C=O) groups excluding carboxylic acids is 2. The van der Waals surface area contributed by atoms with E-state index < -0.39 is 5.41 Å².